The van der Waals surface area contributed by atoms with Gasteiger partial charge in [0.05, 0.1) is 16.9 Å². The van der Waals surface area contributed by atoms with Crippen LogP contribution in [0.3, 0.4) is 0 Å². The molecule has 4 rings (SSSR count). The van der Waals surface area contributed by atoms with Gasteiger partial charge in [-0.05, 0) is 49.7 Å². The number of aryl methyl sites for hydroxylation is 2. The number of benzene rings is 2. The zero-order valence-corrected chi connectivity index (χ0v) is 17.3. The molecule has 0 fully saturated rings. The van der Waals surface area contributed by atoms with Crippen LogP contribution in [0.25, 0.3) is 16.7 Å². The topological polar surface area (TPSA) is 69.0 Å². The Morgan fingerprint density at radius 3 is 2.53 bits per heavy atom. The predicted octanol–water partition coefficient (Wildman–Crippen LogP) is 5.07. The zero-order valence-electron chi connectivity index (χ0n) is 17.3. The van der Waals surface area contributed by atoms with Crippen molar-refractivity contribution >= 4 is 22.6 Å². The van der Waals surface area contributed by atoms with Crippen molar-refractivity contribution in [2.24, 2.45) is 0 Å². The van der Waals surface area contributed by atoms with Gasteiger partial charge in [0, 0.05) is 17.1 Å². The fraction of sp³-hybridized carbons (Fsp3) is 0.174. The number of nitrogens with zero attached hydrogens (tertiary/aromatic N) is 3. The van der Waals surface area contributed by atoms with Crippen LogP contribution in [0.15, 0.2) is 60.7 Å². The first-order valence-electron chi connectivity index (χ1n) is 9.74. The summed E-state index contributed by atoms with van der Waals surface area (Å²) in [6, 6.07) is 15.6. The molecule has 0 saturated heterocycles. The minimum absolute atomic E-state index is 0.0331. The summed E-state index contributed by atoms with van der Waals surface area (Å²) in [6.07, 6.45) is -4.49. The van der Waals surface area contributed by atoms with Crippen LogP contribution < -0.4 is 10.1 Å². The van der Waals surface area contributed by atoms with Crippen LogP contribution in [0.4, 0.5) is 18.9 Å². The molecule has 4 aromatic rings. The lowest BCUT2D eigenvalue weighted by Crippen LogP contribution is -2.21. The molecule has 9 heteroatoms. The first-order valence-corrected chi connectivity index (χ1v) is 9.74. The average Bonchev–Trinajstić information content (AvgIpc) is 3.09. The molecule has 0 aliphatic carbocycles. The van der Waals surface area contributed by atoms with E-state index in [4.69, 9.17) is 4.74 Å². The largest absolute Gasteiger partial charge is 0.467 e. The third kappa shape index (κ3) is 4.41. The second-order valence-electron chi connectivity index (χ2n) is 7.22. The first kappa shape index (κ1) is 21.4. The fourth-order valence-electron chi connectivity index (χ4n) is 3.41. The highest BCUT2D eigenvalue weighted by atomic mass is 19.4. The van der Waals surface area contributed by atoms with E-state index in [1.165, 1.54) is 12.1 Å². The summed E-state index contributed by atoms with van der Waals surface area (Å²) in [4.78, 5) is 16.7. The van der Waals surface area contributed by atoms with E-state index in [0.717, 1.165) is 34.5 Å². The number of carbonyl (C=O) groups is 1. The molecule has 2 aromatic carbocycles. The van der Waals surface area contributed by atoms with Gasteiger partial charge in [-0.3, -0.25) is 4.79 Å². The van der Waals surface area contributed by atoms with Gasteiger partial charge in [0.1, 0.15) is 0 Å². The van der Waals surface area contributed by atoms with E-state index in [-0.39, 0.29) is 11.6 Å². The Morgan fingerprint density at radius 2 is 1.81 bits per heavy atom. The lowest BCUT2D eigenvalue weighted by Gasteiger charge is -2.11. The second kappa shape index (κ2) is 8.33. The summed E-state index contributed by atoms with van der Waals surface area (Å²) in [5, 5.41) is 7.86. The van der Waals surface area contributed by atoms with Crippen LogP contribution in [0.1, 0.15) is 16.8 Å². The highest BCUT2D eigenvalue weighted by Crippen LogP contribution is 2.31. The van der Waals surface area contributed by atoms with Crippen molar-refractivity contribution in [3.63, 3.8) is 0 Å². The number of anilines is 1. The maximum Gasteiger partial charge on any atom is 0.416 e. The maximum atomic E-state index is 12.8. The fourth-order valence-corrected chi connectivity index (χ4v) is 3.41. The molecule has 1 N–H and O–H groups in total. The molecule has 2 heterocycles. The SMILES string of the molecule is Cc1cc(OCC(=O)Nc2cccc(C(F)(F)F)c2)nc2c1c(C)nn2-c1ccccc1. The lowest BCUT2D eigenvalue weighted by molar-refractivity contribution is -0.137. The molecule has 0 bridgehead atoms. The van der Waals surface area contributed by atoms with Gasteiger partial charge < -0.3 is 10.1 Å². The normalized spacial score (nSPS) is 11.5. The molecule has 0 radical (unpaired) electrons. The van der Waals surface area contributed by atoms with Crippen LogP contribution in [0.5, 0.6) is 5.88 Å². The summed E-state index contributed by atoms with van der Waals surface area (Å²) in [7, 11) is 0. The quantitative estimate of drug-likeness (QED) is 0.470. The molecule has 0 saturated carbocycles. The van der Waals surface area contributed by atoms with Crippen molar-refractivity contribution in [2.75, 3.05) is 11.9 Å². The molecule has 0 aliphatic rings. The number of carbonyl (C=O) groups excluding carboxylic acids is 1. The van der Waals surface area contributed by atoms with Crippen LogP contribution in [-0.4, -0.2) is 27.3 Å². The molecule has 0 spiro atoms. The summed E-state index contributed by atoms with van der Waals surface area (Å²) < 4.78 is 45.8. The van der Waals surface area contributed by atoms with Crippen molar-refractivity contribution in [3.8, 4) is 11.6 Å². The highest BCUT2D eigenvalue weighted by Gasteiger charge is 2.30. The number of aromatic nitrogens is 3. The molecular weight excluding hydrogens is 421 g/mol. The summed E-state index contributed by atoms with van der Waals surface area (Å²) >= 11 is 0. The Kier molecular flexibility index (Phi) is 5.56. The summed E-state index contributed by atoms with van der Waals surface area (Å²) in [6.45, 7) is 3.37. The molecule has 32 heavy (non-hydrogen) atoms. The van der Waals surface area contributed by atoms with Crippen LogP contribution >= 0.6 is 0 Å². The summed E-state index contributed by atoms with van der Waals surface area (Å²) in [5.41, 5.74) is 2.29. The van der Waals surface area contributed by atoms with E-state index in [2.05, 4.69) is 15.4 Å². The van der Waals surface area contributed by atoms with E-state index in [1.807, 2.05) is 44.2 Å². The molecule has 0 atom stereocenters. The van der Waals surface area contributed by atoms with Gasteiger partial charge in [0.15, 0.2) is 12.3 Å². The van der Waals surface area contributed by atoms with Crippen LogP contribution in [0.2, 0.25) is 0 Å². The van der Waals surface area contributed by atoms with E-state index >= 15 is 0 Å². The van der Waals surface area contributed by atoms with Crippen molar-refractivity contribution in [1.29, 1.82) is 0 Å². The van der Waals surface area contributed by atoms with E-state index in [9.17, 15) is 18.0 Å². The van der Waals surface area contributed by atoms with Gasteiger partial charge in [0.2, 0.25) is 5.88 Å². The smallest absolute Gasteiger partial charge is 0.416 e. The number of rotatable bonds is 5. The van der Waals surface area contributed by atoms with Gasteiger partial charge in [-0.2, -0.15) is 23.3 Å². The number of ether oxygens (including phenoxy) is 1. The number of fused-ring (bicyclic) bond motifs is 1. The zero-order chi connectivity index (χ0) is 22.9. The van der Waals surface area contributed by atoms with E-state index in [0.29, 0.717) is 5.65 Å². The van der Waals surface area contributed by atoms with Crippen molar-refractivity contribution in [1.82, 2.24) is 14.8 Å². The average molecular weight is 440 g/mol. The Labute approximate surface area is 181 Å². The number of pyridine rings is 1. The van der Waals surface area contributed by atoms with Gasteiger partial charge >= 0.3 is 6.18 Å². The van der Waals surface area contributed by atoms with Crippen molar-refractivity contribution in [3.05, 3.63) is 77.5 Å². The third-order valence-electron chi connectivity index (χ3n) is 4.81. The monoisotopic (exact) mass is 440 g/mol. The Balaban J connectivity index is 1.53. The molecule has 1 amide bonds. The Morgan fingerprint density at radius 1 is 1.06 bits per heavy atom. The number of hydrogen-bond acceptors (Lipinski definition) is 4. The van der Waals surface area contributed by atoms with E-state index < -0.39 is 24.3 Å². The first-order chi connectivity index (χ1) is 15.2. The number of nitrogens with one attached hydrogen (secondary N) is 1. The molecule has 0 unspecified atom stereocenters. The van der Waals surface area contributed by atoms with E-state index in [1.54, 1.807) is 10.7 Å². The third-order valence-corrected chi connectivity index (χ3v) is 4.81. The lowest BCUT2D eigenvalue weighted by atomic mass is 10.2. The maximum absolute atomic E-state index is 12.8. The van der Waals surface area contributed by atoms with Crippen LogP contribution in [-0.2, 0) is 11.0 Å². The van der Waals surface area contributed by atoms with Crippen LogP contribution in [0, 0.1) is 13.8 Å². The number of para-hydroxylation sites is 1. The van der Waals surface area contributed by atoms with Gasteiger partial charge in [0.25, 0.3) is 5.91 Å². The standard InChI is InChI=1S/C23H19F3N4O2/c1-14-11-20(28-22-21(14)15(2)29-30(22)18-9-4-3-5-10-18)32-13-19(31)27-17-8-6-7-16(12-17)23(24,25)26/h3-12H,13H2,1-2H3,(H,27,31). The molecular formula is C23H19F3N4O2. The molecule has 6 nitrogen and oxygen atoms in total. The highest BCUT2D eigenvalue weighted by molar-refractivity contribution is 5.92. The molecule has 0 aliphatic heterocycles. The minimum Gasteiger partial charge on any atom is -0.467 e. The number of alkyl halides is 3. The minimum atomic E-state index is -4.49. The summed E-state index contributed by atoms with van der Waals surface area (Å²) in [5.74, 6) is -0.386. The van der Waals surface area contributed by atoms with Crippen molar-refractivity contribution < 1.29 is 22.7 Å². The molecule has 2 aromatic heterocycles. The second-order valence-corrected chi connectivity index (χ2v) is 7.22. The Hall–Kier alpha value is -3.88. The number of hydrogen-bond donors (Lipinski definition) is 1. The molecule has 164 valence electrons. The van der Waals surface area contributed by atoms with Gasteiger partial charge in [-0.15, -0.1) is 0 Å². The number of amides is 1. The van der Waals surface area contributed by atoms with Gasteiger partial charge in [-0.1, -0.05) is 24.3 Å². The Bertz CT molecular complexity index is 1280. The van der Waals surface area contributed by atoms with Crippen molar-refractivity contribution in [2.45, 2.75) is 20.0 Å². The predicted molar refractivity (Wildman–Crippen MR) is 114 cm³/mol. The van der Waals surface area contributed by atoms with Gasteiger partial charge in [-0.25, -0.2) is 4.68 Å². The number of halogens is 3.